The fourth-order valence-electron chi connectivity index (χ4n) is 1.38. The van der Waals surface area contributed by atoms with Crippen LogP contribution in [0.4, 0.5) is 0 Å². The molecule has 1 heterocycles. The molecular formula is C15H21NO4. The van der Waals surface area contributed by atoms with Crippen molar-refractivity contribution >= 4 is 12.0 Å². The van der Waals surface area contributed by atoms with Gasteiger partial charge in [0.25, 0.3) is 0 Å². The molecule has 0 fully saturated rings. The number of carbonyl (C=O) groups is 1. The van der Waals surface area contributed by atoms with Gasteiger partial charge in [0.2, 0.25) is 5.76 Å². The van der Waals surface area contributed by atoms with Crippen LogP contribution in [0, 0.1) is 5.92 Å². The number of nitrogens with zero attached hydrogens (tertiary/aromatic N) is 1. The van der Waals surface area contributed by atoms with E-state index >= 15 is 0 Å². The molecule has 0 saturated carbocycles. The number of carbonyl (C=O) groups excluding carboxylic acids is 1. The standard InChI is InChI=1S/C15H21NO4/c1-4-19-15(18)14(17)9-12-5-6-13(10-16-12)20-8-7-11(2)3/h5-6,9-11,17H,4,7-8H2,1-3H3/b14-9-. The molecule has 0 amide bonds. The van der Waals surface area contributed by atoms with Crippen LogP contribution in [0.25, 0.3) is 6.08 Å². The highest BCUT2D eigenvalue weighted by Crippen LogP contribution is 2.12. The third-order valence-electron chi connectivity index (χ3n) is 2.49. The van der Waals surface area contributed by atoms with E-state index in [4.69, 9.17) is 4.74 Å². The molecule has 0 aliphatic rings. The van der Waals surface area contributed by atoms with E-state index in [0.29, 0.717) is 24.0 Å². The number of ether oxygens (including phenoxy) is 2. The van der Waals surface area contributed by atoms with Gasteiger partial charge in [-0.15, -0.1) is 0 Å². The fourth-order valence-corrected chi connectivity index (χ4v) is 1.38. The van der Waals surface area contributed by atoms with Gasteiger partial charge in [-0.3, -0.25) is 4.98 Å². The molecule has 5 heteroatoms. The van der Waals surface area contributed by atoms with Gasteiger partial charge in [-0.1, -0.05) is 13.8 Å². The maximum absolute atomic E-state index is 11.2. The smallest absolute Gasteiger partial charge is 0.373 e. The molecular weight excluding hydrogens is 258 g/mol. The van der Waals surface area contributed by atoms with Crippen molar-refractivity contribution in [2.45, 2.75) is 27.2 Å². The third kappa shape index (κ3) is 5.73. The van der Waals surface area contributed by atoms with E-state index in [1.165, 1.54) is 6.08 Å². The molecule has 0 radical (unpaired) electrons. The number of aromatic nitrogens is 1. The van der Waals surface area contributed by atoms with Crippen molar-refractivity contribution in [3.05, 3.63) is 29.8 Å². The summed E-state index contributed by atoms with van der Waals surface area (Å²) < 4.78 is 10.2. The van der Waals surface area contributed by atoms with Crippen LogP contribution >= 0.6 is 0 Å². The second-order valence-corrected chi connectivity index (χ2v) is 4.70. The minimum Gasteiger partial charge on any atom is -0.502 e. The number of aliphatic hydroxyl groups is 1. The van der Waals surface area contributed by atoms with E-state index < -0.39 is 11.7 Å². The second kappa shape index (κ2) is 8.19. The zero-order valence-electron chi connectivity index (χ0n) is 12.1. The molecule has 0 aromatic carbocycles. The fraction of sp³-hybridized carbons (Fsp3) is 0.467. The average molecular weight is 279 g/mol. The Morgan fingerprint density at radius 1 is 1.45 bits per heavy atom. The van der Waals surface area contributed by atoms with Gasteiger partial charge in [0, 0.05) is 6.08 Å². The Hall–Kier alpha value is -2.04. The molecule has 20 heavy (non-hydrogen) atoms. The Kier molecular flexibility index (Phi) is 6.56. The summed E-state index contributed by atoms with van der Waals surface area (Å²) in [4.78, 5) is 15.3. The number of hydrogen-bond acceptors (Lipinski definition) is 5. The molecule has 0 bridgehead atoms. The first-order chi connectivity index (χ1) is 9.52. The first kappa shape index (κ1) is 16.0. The van der Waals surface area contributed by atoms with Crippen LogP contribution in [0.2, 0.25) is 0 Å². The summed E-state index contributed by atoms with van der Waals surface area (Å²) >= 11 is 0. The quantitative estimate of drug-likeness (QED) is 0.472. The van der Waals surface area contributed by atoms with Crippen LogP contribution < -0.4 is 4.74 Å². The lowest BCUT2D eigenvalue weighted by Crippen LogP contribution is -2.07. The summed E-state index contributed by atoms with van der Waals surface area (Å²) in [5, 5.41) is 9.49. The van der Waals surface area contributed by atoms with Gasteiger partial charge in [-0.05, 0) is 31.4 Å². The summed E-state index contributed by atoms with van der Waals surface area (Å²) in [5.41, 5.74) is 0.465. The van der Waals surface area contributed by atoms with Crippen molar-refractivity contribution in [1.29, 1.82) is 0 Å². The maximum Gasteiger partial charge on any atom is 0.373 e. The SMILES string of the molecule is CCOC(=O)/C(O)=C/c1ccc(OCCC(C)C)cn1. The summed E-state index contributed by atoms with van der Waals surface area (Å²) in [5.74, 6) is 0.0319. The first-order valence-electron chi connectivity index (χ1n) is 6.69. The van der Waals surface area contributed by atoms with Crippen molar-refractivity contribution < 1.29 is 19.4 Å². The van der Waals surface area contributed by atoms with Crippen molar-refractivity contribution in [1.82, 2.24) is 4.98 Å². The lowest BCUT2D eigenvalue weighted by molar-refractivity contribution is -0.141. The summed E-state index contributed by atoms with van der Waals surface area (Å²) in [6.07, 6.45) is 3.80. The molecule has 110 valence electrons. The number of aliphatic hydroxyl groups excluding tert-OH is 1. The molecule has 0 saturated heterocycles. The van der Waals surface area contributed by atoms with Crippen LogP contribution in [-0.2, 0) is 9.53 Å². The molecule has 1 rings (SSSR count). The third-order valence-corrected chi connectivity index (χ3v) is 2.49. The van der Waals surface area contributed by atoms with Crippen molar-refractivity contribution in [3.63, 3.8) is 0 Å². The van der Waals surface area contributed by atoms with Crippen LogP contribution in [0.1, 0.15) is 32.9 Å². The van der Waals surface area contributed by atoms with E-state index in [0.717, 1.165) is 6.42 Å². The molecule has 0 aliphatic heterocycles. The molecule has 0 atom stereocenters. The Balaban J connectivity index is 2.57. The minimum absolute atomic E-state index is 0.215. The Labute approximate surface area is 119 Å². The van der Waals surface area contributed by atoms with Gasteiger partial charge in [-0.2, -0.15) is 0 Å². The number of esters is 1. The molecule has 5 nitrogen and oxygen atoms in total. The van der Waals surface area contributed by atoms with E-state index in [1.54, 1.807) is 25.3 Å². The van der Waals surface area contributed by atoms with Crippen LogP contribution in [0.15, 0.2) is 24.1 Å². The van der Waals surface area contributed by atoms with Crippen LogP contribution in [-0.4, -0.2) is 29.3 Å². The lowest BCUT2D eigenvalue weighted by atomic mass is 10.1. The van der Waals surface area contributed by atoms with Gasteiger partial charge in [-0.25, -0.2) is 4.79 Å². The van der Waals surface area contributed by atoms with Gasteiger partial charge in [0.1, 0.15) is 5.75 Å². The molecule has 0 aliphatic carbocycles. The Bertz CT molecular complexity index is 451. The normalized spacial score (nSPS) is 11.5. The highest BCUT2D eigenvalue weighted by molar-refractivity contribution is 5.90. The number of rotatable bonds is 7. The second-order valence-electron chi connectivity index (χ2n) is 4.70. The predicted octanol–water partition coefficient (Wildman–Crippen LogP) is 2.97. The van der Waals surface area contributed by atoms with E-state index in [-0.39, 0.29) is 6.61 Å². The lowest BCUT2D eigenvalue weighted by Gasteiger charge is -2.07. The zero-order chi connectivity index (χ0) is 15.0. The zero-order valence-corrected chi connectivity index (χ0v) is 12.1. The van der Waals surface area contributed by atoms with Gasteiger partial charge in [0.05, 0.1) is 25.1 Å². The topological polar surface area (TPSA) is 68.7 Å². The van der Waals surface area contributed by atoms with Gasteiger partial charge >= 0.3 is 5.97 Å². The molecule has 1 aromatic heterocycles. The van der Waals surface area contributed by atoms with Gasteiger partial charge < -0.3 is 14.6 Å². The molecule has 0 spiro atoms. The van der Waals surface area contributed by atoms with E-state index in [1.807, 2.05) is 0 Å². The highest BCUT2D eigenvalue weighted by atomic mass is 16.5. The van der Waals surface area contributed by atoms with Crippen molar-refractivity contribution in [3.8, 4) is 5.75 Å². The monoisotopic (exact) mass is 279 g/mol. The summed E-state index contributed by atoms with van der Waals surface area (Å²) in [7, 11) is 0. The Morgan fingerprint density at radius 2 is 2.20 bits per heavy atom. The maximum atomic E-state index is 11.2. The summed E-state index contributed by atoms with van der Waals surface area (Å²) in [6.45, 7) is 6.80. The van der Waals surface area contributed by atoms with Gasteiger partial charge in [0.15, 0.2) is 0 Å². The molecule has 1 N–H and O–H groups in total. The van der Waals surface area contributed by atoms with Crippen molar-refractivity contribution in [2.24, 2.45) is 5.92 Å². The van der Waals surface area contributed by atoms with Crippen LogP contribution in [0.5, 0.6) is 5.75 Å². The number of hydrogen-bond donors (Lipinski definition) is 1. The summed E-state index contributed by atoms with van der Waals surface area (Å²) in [6, 6.07) is 3.41. The number of pyridine rings is 1. The van der Waals surface area contributed by atoms with Crippen LogP contribution in [0.3, 0.4) is 0 Å². The van der Waals surface area contributed by atoms with Crippen molar-refractivity contribution in [2.75, 3.05) is 13.2 Å². The minimum atomic E-state index is -0.758. The predicted molar refractivity (Wildman–Crippen MR) is 76.4 cm³/mol. The first-order valence-corrected chi connectivity index (χ1v) is 6.69. The highest BCUT2D eigenvalue weighted by Gasteiger charge is 2.08. The van der Waals surface area contributed by atoms with E-state index in [9.17, 15) is 9.90 Å². The molecule has 1 aromatic rings. The molecule has 0 unspecified atom stereocenters. The largest absolute Gasteiger partial charge is 0.502 e. The Morgan fingerprint density at radius 3 is 2.75 bits per heavy atom. The van der Waals surface area contributed by atoms with E-state index in [2.05, 4.69) is 23.6 Å². The average Bonchev–Trinajstić information content (AvgIpc) is 2.40.